The maximum Gasteiger partial charge on any atom is 0.338 e. The highest BCUT2D eigenvalue weighted by Gasteiger charge is 2.13. The minimum atomic E-state index is -0.666. The smallest absolute Gasteiger partial charge is 0.338 e. The van der Waals surface area contributed by atoms with Gasteiger partial charge in [-0.25, -0.2) is 4.79 Å². The van der Waals surface area contributed by atoms with Crippen LogP contribution in [0.25, 0.3) is 0 Å². The summed E-state index contributed by atoms with van der Waals surface area (Å²) in [7, 11) is 0. The van der Waals surface area contributed by atoms with E-state index >= 15 is 0 Å². The van der Waals surface area contributed by atoms with Crippen LogP contribution in [0.1, 0.15) is 32.0 Å². The summed E-state index contributed by atoms with van der Waals surface area (Å²) in [5.41, 5.74) is 1.26. The molecule has 0 aliphatic carbocycles. The van der Waals surface area contributed by atoms with E-state index in [0.29, 0.717) is 16.9 Å². The van der Waals surface area contributed by atoms with Gasteiger partial charge in [0.2, 0.25) is 0 Å². The molecule has 0 radical (unpaired) electrons. The molecule has 0 fully saturated rings. The number of rotatable bonds is 6. The number of nitrogens with one attached hydrogen (secondary N) is 1. The molecule has 0 aliphatic heterocycles. The van der Waals surface area contributed by atoms with Crippen molar-refractivity contribution in [1.29, 1.82) is 0 Å². The normalized spacial score (nSPS) is 10.3. The number of hydrogen-bond donors (Lipinski definition) is 1. The molecule has 2 aromatic carbocycles. The van der Waals surface area contributed by atoms with Crippen LogP contribution in [0.15, 0.2) is 65.2 Å². The van der Waals surface area contributed by atoms with Gasteiger partial charge in [0.25, 0.3) is 5.91 Å². The zero-order chi connectivity index (χ0) is 19.2. The number of esters is 1. The summed E-state index contributed by atoms with van der Waals surface area (Å²) in [4.78, 5) is 36.1. The SMILES string of the molecule is Cc1cc(NC(=O)COC(=O)c2ccc(C(=O)c3ccccc3)cc2)no1. The van der Waals surface area contributed by atoms with Crippen LogP contribution in [-0.2, 0) is 9.53 Å². The van der Waals surface area contributed by atoms with E-state index in [2.05, 4.69) is 10.5 Å². The number of carbonyl (C=O) groups is 3. The highest BCUT2D eigenvalue weighted by Crippen LogP contribution is 2.12. The van der Waals surface area contributed by atoms with Crippen LogP contribution in [-0.4, -0.2) is 29.4 Å². The van der Waals surface area contributed by atoms with Crippen LogP contribution in [0.3, 0.4) is 0 Å². The van der Waals surface area contributed by atoms with Crippen molar-refractivity contribution >= 4 is 23.5 Å². The highest BCUT2D eigenvalue weighted by molar-refractivity contribution is 6.09. The lowest BCUT2D eigenvalue weighted by Gasteiger charge is -2.06. The van der Waals surface area contributed by atoms with Crippen molar-refractivity contribution in [3.05, 3.63) is 83.1 Å². The summed E-state index contributed by atoms with van der Waals surface area (Å²) in [5, 5.41) is 6.06. The molecule has 1 amide bonds. The predicted octanol–water partition coefficient (Wildman–Crippen LogP) is 3.01. The van der Waals surface area contributed by atoms with Crippen molar-refractivity contribution in [3.63, 3.8) is 0 Å². The molecule has 0 spiro atoms. The fourth-order valence-electron chi connectivity index (χ4n) is 2.33. The van der Waals surface area contributed by atoms with Crippen LogP contribution in [0, 0.1) is 6.92 Å². The van der Waals surface area contributed by atoms with Gasteiger partial charge < -0.3 is 14.6 Å². The van der Waals surface area contributed by atoms with Crippen molar-refractivity contribution < 1.29 is 23.6 Å². The van der Waals surface area contributed by atoms with Crippen LogP contribution < -0.4 is 5.32 Å². The molecule has 0 aliphatic rings. The molecule has 0 atom stereocenters. The minimum Gasteiger partial charge on any atom is -0.452 e. The number of hydrogen-bond acceptors (Lipinski definition) is 6. The van der Waals surface area contributed by atoms with Gasteiger partial charge >= 0.3 is 5.97 Å². The zero-order valence-electron chi connectivity index (χ0n) is 14.5. The third kappa shape index (κ3) is 4.66. The number of aryl methyl sites for hydroxylation is 1. The lowest BCUT2D eigenvalue weighted by Crippen LogP contribution is -2.21. The first-order chi connectivity index (χ1) is 13.0. The summed E-state index contributed by atoms with van der Waals surface area (Å²) in [6.45, 7) is 1.23. The molecule has 1 aromatic heterocycles. The molecule has 7 nitrogen and oxygen atoms in total. The average molecular weight is 364 g/mol. The van der Waals surface area contributed by atoms with Crippen LogP contribution in [0.5, 0.6) is 0 Å². The van der Waals surface area contributed by atoms with Gasteiger partial charge in [-0.1, -0.05) is 47.6 Å². The van der Waals surface area contributed by atoms with E-state index < -0.39 is 18.5 Å². The van der Waals surface area contributed by atoms with Crippen LogP contribution >= 0.6 is 0 Å². The van der Waals surface area contributed by atoms with Crippen LogP contribution in [0.4, 0.5) is 5.82 Å². The number of amides is 1. The molecule has 0 unspecified atom stereocenters. The third-order valence-electron chi connectivity index (χ3n) is 3.65. The number of benzene rings is 2. The number of ketones is 1. The fraction of sp³-hybridized carbons (Fsp3) is 0.100. The van der Waals surface area contributed by atoms with Gasteiger partial charge in [0.05, 0.1) is 5.56 Å². The Labute approximate surface area is 154 Å². The number of aromatic nitrogens is 1. The van der Waals surface area contributed by atoms with Crippen LogP contribution in [0.2, 0.25) is 0 Å². The Kier molecular flexibility index (Phi) is 5.41. The van der Waals surface area contributed by atoms with E-state index in [0.717, 1.165) is 0 Å². The van der Waals surface area contributed by atoms with Crippen molar-refractivity contribution in [1.82, 2.24) is 5.16 Å². The average Bonchev–Trinajstić information content (AvgIpc) is 3.11. The van der Waals surface area contributed by atoms with E-state index in [1.54, 1.807) is 49.4 Å². The summed E-state index contributed by atoms with van der Waals surface area (Å²) >= 11 is 0. The Morgan fingerprint density at radius 1 is 0.963 bits per heavy atom. The molecule has 3 aromatic rings. The topological polar surface area (TPSA) is 98.5 Å². The molecule has 1 heterocycles. The van der Waals surface area contributed by atoms with Crippen molar-refractivity contribution in [2.75, 3.05) is 11.9 Å². The van der Waals surface area contributed by atoms with E-state index in [-0.39, 0.29) is 17.2 Å². The second-order valence-electron chi connectivity index (χ2n) is 5.72. The van der Waals surface area contributed by atoms with E-state index in [9.17, 15) is 14.4 Å². The summed E-state index contributed by atoms with van der Waals surface area (Å²) in [6, 6.07) is 16.4. The maximum atomic E-state index is 12.3. The quantitative estimate of drug-likeness (QED) is 0.533. The second-order valence-corrected chi connectivity index (χ2v) is 5.72. The molecule has 0 saturated heterocycles. The van der Waals surface area contributed by atoms with E-state index in [1.165, 1.54) is 12.1 Å². The largest absolute Gasteiger partial charge is 0.452 e. The molecular formula is C20H16N2O5. The van der Waals surface area contributed by atoms with Gasteiger partial charge in [-0.05, 0) is 19.1 Å². The highest BCUT2D eigenvalue weighted by atomic mass is 16.5. The van der Waals surface area contributed by atoms with Gasteiger partial charge in [0, 0.05) is 17.2 Å². The third-order valence-corrected chi connectivity index (χ3v) is 3.65. The molecule has 0 saturated carbocycles. The first-order valence-electron chi connectivity index (χ1n) is 8.13. The predicted molar refractivity (Wildman–Crippen MR) is 96.5 cm³/mol. The summed E-state index contributed by atoms with van der Waals surface area (Å²) in [6.07, 6.45) is 0. The number of carbonyl (C=O) groups excluding carboxylic acids is 3. The van der Waals surface area contributed by atoms with Gasteiger partial charge in [-0.2, -0.15) is 0 Å². The molecule has 1 N–H and O–H groups in total. The number of anilines is 1. The zero-order valence-corrected chi connectivity index (χ0v) is 14.5. The Bertz CT molecular complexity index is 962. The molecule has 3 rings (SSSR count). The first-order valence-corrected chi connectivity index (χ1v) is 8.13. The first kappa shape index (κ1) is 18.1. The number of nitrogens with zero attached hydrogens (tertiary/aromatic N) is 1. The standard InChI is InChI=1S/C20H16N2O5/c1-13-11-17(22-27-13)21-18(23)12-26-20(25)16-9-7-15(8-10-16)19(24)14-5-3-2-4-6-14/h2-11H,12H2,1H3,(H,21,22,23). The summed E-state index contributed by atoms with van der Waals surface area (Å²) < 4.78 is 9.78. The fourth-order valence-corrected chi connectivity index (χ4v) is 2.33. The Hall–Kier alpha value is -3.74. The second kappa shape index (κ2) is 8.09. The molecule has 7 heteroatoms. The van der Waals surface area contributed by atoms with Crippen molar-refractivity contribution in [2.24, 2.45) is 0 Å². The number of ether oxygens (including phenoxy) is 1. The van der Waals surface area contributed by atoms with Gasteiger partial charge in [0.15, 0.2) is 18.2 Å². The maximum absolute atomic E-state index is 12.3. The summed E-state index contributed by atoms with van der Waals surface area (Å²) in [5.74, 6) is -0.546. The van der Waals surface area contributed by atoms with E-state index in [4.69, 9.17) is 9.26 Å². The molecular weight excluding hydrogens is 348 g/mol. The van der Waals surface area contributed by atoms with Crippen molar-refractivity contribution in [2.45, 2.75) is 6.92 Å². The monoisotopic (exact) mass is 364 g/mol. The molecule has 0 bridgehead atoms. The van der Waals surface area contributed by atoms with Gasteiger partial charge in [-0.15, -0.1) is 0 Å². The lowest BCUT2D eigenvalue weighted by molar-refractivity contribution is -0.119. The Morgan fingerprint density at radius 3 is 2.22 bits per heavy atom. The lowest BCUT2D eigenvalue weighted by atomic mass is 10.0. The van der Waals surface area contributed by atoms with Crippen molar-refractivity contribution in [3.8, 4) is 0 Å². The van der Waals surface area contributed by atoms with E-state index in [1.807, 2.05) is 6.07 Å². The minimum absolute atomic E-state index is 0.141. The van der Waals surface area contributed by atoms with Gasteiger partial charge in [0.1, 0.15) is 5.76 Å². The Balaban J connectivity index is 1.56. The Morgan fingerprint density at radius 2 is 1.59 bits per heavy atom. The van der Waals surface area contributed by atoms with Gasteiger partial charge in [-0.3, -0.25) is 9.59 Å². The molecule has 27 heavy (non-hydrogen) atoms. The molecule has 136 valence electrons.